The van der Waals surface area contributed by atoms with Gasteiger partial charge in [0.15, 0.2) is 5.96 Å². The summed E-state index contributed by atoms with van der Waals surface area (Å²) >= 11 is 1.72. The van der Waals surface area contributed by atoms with Gasteiger partial charge in [-0.15, -0.1) is 11.3 Å². The first-order chi connectivity index (χ1) is 12.2. The fraction of sp³-hybridized carbons (Fsp3) is 0.368. The maximum atomic E-state index is 12.0. The van der Waals surface area contributed by atoms with E-state index in [-0.39, 0.29) is 5.91 Å². The van der Waals surface area contributed by atoms with Crippen LogP contribution in [0.2, 0.25) is 0 Å². The number of amides is 1. The molecule has 0 aliphatic carbocycles. The summed E-state index contributed by atoms with van der Waals surface area (Å²) in [5, 5.41) is 11.6. The van der Waals surface area contributed by atoms with Crippen molar-refractivity contribution in [2.45, 2.75) is 32.9 Å². The predicted molar refractivity (Wildman–Crippen MR) is 105 cm³/mol. The molecule has 0 fully saturated rings. The lowest BCUT2D eigenvalue weighted by Gasteiger charge is -2.11. The molecule has 6 heteroatoms. The summed E-state index contributed by atoms with van der Waals surface area (Å²) in [5.41, 5.74) is 1.80. The fourth-order valence-corrected chi connectivity index (χ4v) is 2.89. The Morgan fingerprint density at radius 3 is 2.48 bits per heavy atom. The Morgan fingerprint density at radius 1 is 1.08 bits per heavy atom. The van der Waals surface area contributed by atoms with Gasteiger partial charge in [0.25, 0.3) is 5.91 Å². The van der Waals surface area contributed by atoms with Crippen LogP contribution in [-0.2, 0) is 13.1 Å². The highest BCUT2D eigenvalue weighted by molar-refractivity contribution is 7.09. The van der Waals surface area contributed by atoms with Gasteiger partial charge in [-0.1, -0.05) is 31.5 Å². The first-order valence-corrected chi connectivity index (χ1v) is 9.45. The average Bonchev–Trinajstić information content (AvgIpc) is 3.16. The van der Waals surface area contributed by atoms with Gasteiger partial charge in [-0.3, -0.25) is 9.79 Å². The van der Waals surface area contributed by atoms with Crippen molar-refractivity contribution in [2.75, 3.05) is 13.6 Å². The zero-order valence-electron chi connectivity index (χ0n) is 14.8. The molecule has 5 nitrogen and oxygen atoms in total. The Hall–Kier alpha value is -2.34. The largest absolute Gasteiger partial charge is 0.352 e. The van der Waals surface area contributed by atoms with Crippen LogP contribution in [0.1, 0.15) is 40.6 Å². The van der Waals surface area contributed by atoms with E-state index in [0.717, 1.165) is 37.5 Å². The topological polar surface area (TPSA) is 65.5 Å². The van der Waals surface area contributed by atoms with Crippen LogP contribution in [-0.4, -0.2) is 25.5 Å². The molecule has 1 amide bonds. The highest BCUT2D eigenvalue weighted by Crippen LogP contribution is 2.07. The Bertz CT molecular complexity index is 665. The van der Waals surface area contributed by atoms with E-state index in [9.17, 15) is 4.79 Å². The normalized spacial score (nSPS) is 11.2. The summed E-state index contributed by atoms with van der Waals surface area (Å²) in [6.45, 7) is 4.25. The smallest absolute Gasteiger partial charge is 0.251 e. The van der Waals surface area contributed by atoms with Crippen LogP contribution in [0.4, 0.5) is 0 Å². The van der Waals surface area contributed by atoms with E-state index in [4.69, 9.17) is 0 Å². The molecule has 2 rings (SSSR count). The molecule has 1 aromatic carbocycles. The standard InChI is InChI=1S/C19H26N4OS/c1-3-4-11-21-18(24)16-9-7-15(8-10-16)13-22-19(20-2)23-14-17-6-5-12-25-17/h5-10,12H,3-4,11,13-14H2,1-2H3,(H,21,24)(H2,20,22,23). The van der Waals surface area contributed by atoms with Gasteiger partial charge in [0.05, 0.1) is 6.54 Å². The van der Waals surface area contributed by atoms with Gasteiger partial charge in [0, 0.05) is 30.6 Å². The molecule has 1 heterocycles. The van der Waals surface area contributed by atoms with E-state index in [0.29, 0.717) is 12.1 Å². The highest BCUT2D eigenvalue weighted by Gasteiger charge is 2.05. The molecule has 0 saturated carbocycles. The van der Waals surface area contributed by atoms with Crippen LogP contribution < -0.4 is 16.0 Å². The Kier molecular flexibility index (Phi) is 7.98. The number of hydrogen-bond acceptors (Lipinski definition) is 3. The van der Waals surface area contributed by atoms with Gasteiger partial charge in [-0.25, -0.2) is 0 Å². The number of hydrogen-bond donors (Lipinski definition) is 3. The summed E-state index contributed by atoms with van der Waals surface area (Å²) in [6.07, 6.45) is 2.08. The van der Waals surface area contributed by atoms with E-state index < -0.39 is 0 Å². The number of nitrogens with zero attached hydrogens (tertiary/aromatic N) is 1. The number of benzene rings is 1. The van der Waals surface area contributed by atoms with Crippen molar-refractivity contribution in [3.05, 3.63) is 57.8 Å². The summed E-state index contributed by atoms with van der Waals surface area (Å²) < 4.78 is 0. The van der Waals surface area contributed by atoms with Crippen LogP contribution in [0.5, 0.6) is 0 Å². The number of guanidine groups is 1. The summed E-state index contributed by atoms with van der Waals surface area (Å²) in [5.74, 6) is 0.746. The van der Waals surface area contributed by atoms with Crippen molar-refractivity contribution in [2.24, 2.45) is 4.99 Å². The van der Waals surface area contributed by atoms with Gasteiger partial charge in [0.1, 0.15) is 0 Å². The molecule has 2 aromatic rings. The first kappa shape index (κ1) is 19.0. The number of carbonyl (C=O) groups is 1. The number of nitrogens with one attached hydrogen (secondary N) is 3. The van der Waals surface area contributed by atoms with Crippen LogP contribution >= 0.6 is 11.3 Å². The second-order valence-electron chi connectivity index (χ2n) is 5.67. The molecule has 0 unspecified atom stereocenters. The van der Waals surface area contributed by atoms with E-state index in [1.54, 1.807) is 18.4 Å². The third-order valence-electron chi connectivity index (χ3n) is 3.73. The predicted octanol–water partition coefficient (Wildman–Crippen LogP) is 3.14. The van der Waals surface area contributed by atoms with Crippen molar-refractivity contribution in [3.8, 4) is 0 Å². The second-order valence-corrected chi connectivity index (χ2v) is 6.70. The third-order valence-corrected chi connectivity index (χ3v) is 4.60. The average molecular weight is 359 g/mol. The Morgan fingerprint density at radius 2 is 1.84 bits per heavy atom. The number of carbonyl (C=O) groups excluding carboxylic acids is 1. The van der Waals surface area contributed by atoms with Crippen LogP contribution in [0.25, 0.3) is 0 Å². The molecular formula is C19H26N4OS. The Labute approximate surface area is 153 Å². The van der Waals surface area contributed by atoms with Gasteiger partial charge in [-0.2, -0.15) is 0 Å². The molecular weight excluding hydrogens is 332 g/mol. The van der Waals surface area contributed by atoms with Crippen molar-refractivity contribution in [3.63, 3.8) is 0 Å². The molecule has 0 aliphatic heterocycles. The molecule has 0 spiro atoms. The summed E-state index contributed by atoms with van der Waals surface area (Å²) in [7, 11) is 1.76. The van der Waals surface area contributed by atoms with Gasteiger partial charge in [-0.05, 0) is 35.6 Å². The van der Waals surface area contributed by atoms with Crippen LogP contribution in [0, 0.1) is 0 Å². The van der Waals surface area contributed by atoms with Gasteiger partial charge in [0.2, 0.25) is 0 Å². The first-order valence-electron chi connectivity index (χ1n) is 8.57. The maximum absolute atomic E-state index is 12.0. The number of unbranched alkanes of at least 4 members (excludes halogenated alkanes) is 1. The summed E-state index contributed by atoms with van der Waals surface area (Å²) in [4.78, 5) is 17.5. The molecule has 0 saturated heterocycles. The number of rotatable bonds is 8. The zero-order chi connectivity index (χ0) is 17.9. The molecule has 0 aliphatic rings. The van der Waals surface area contributed by atoms with Crippen molar-refractivity contribution >= 4 is 23.2 Å². The van der Waals surface area contributed by atoms with Crippen molar-refractivity contribution < 1.29 is 4.79 Å². The third kappa shape index (κ3) is 6.58. The van der Waals surface area contributed by atoms with Crippen LogP contribution in [0.15, 0.2) is 46.8 Å². The maximum Gasteiger partial charge on any atom is 0.251 e. The number of thiophene rings is 1. The van der Waals surface area contributed by atoms with Gasteiger partial charge < -0.3 is 16.0 Å². The number of aliphatic imine (C=N–C) groups is 1. The van der Waals surface area contributed by atoms with E-state index in [1.165, 1.54) is 4.88 Å². The second kappa shape index (κ2) is 10.5. The summed E-state index contributed by atoms with van der Waals surface area (Å²) in [6, 6.07) is 11.8. The fourth-order valence-electron chi connectivity index (χ4n) is 2.25. The van der Waals surface area contributed by atoms with Crippen molar-refractivity contribution in [1.82, 2.24) is 16.0 Å². The monoisotopic (exact) mass is 358 g/mol. The minimum atomic E-state index is -0.0126. The quantitative estimate of drug-likeness (QED) is 0.386. The Balaban J connectivity index is 1.78. The molecule has 1 aromatic heterocycles. The molecule has 0 radical (unpaired) electrons. The zero-order valence-corrected chi connectivity index (χ0v) is 15.7. The lowest BCUT2D eigenvalue weighted by atomic mass is 10.1. The molecule has 134 valence electrons. The lowest BCUT2D eigenvalue weighted by molar-refractivity contribution is 0.0953. The minimum Gasteiger partial charge on any atom is -0.352 e. The molecule has 25 heavy (non-hydrogen) atoms. The van der Waals surface area contributed by atoms with Crippen molar-refractivity contribution in [1.29, 1.82) is 0 Å². The molecule has 3 N–H and O–H groups in total. The van der Waals surface area contributed by atoms with E-state index >= 15 is 0 Å². The molecule has 0 bridgehead atoms. The van der Waals surface area contributed by atoms with E-state index in [1.807, 2.05) is 30.3 Å². The van der Waals surface area contributed by atoms with Gasteiger partial charge >= 0.3 is 0 Å². The molecule has 0 atom stereocenters. The minimum absolute atomic E-state index is 0.0126. The van der Waals surface area contributed by atoms with Crippen LogP contribution in [0.3, 0.4) is 0 Å². The highest BCUT2D eigenvalue weighted by atomic mass is 32.1. The lowest BCUT2D eigenvalue weighted by Crippen LogP contribution is -2.36. The SMILES string of the molecule is CCCCNC(=O)c1ccc(CNC(=NC)NCc2cccs2)cc1. The van der Waals surface area contributed by atoms with E-state index in [2.05, 4.69) is 39.3 Å².